The van der Waals surface area contributed by atoms with Crippen molar-refractivity contribution in [2.24, 2.45) is 0 Å². The Kier molecular flexibility index (Phi) is 5.34. The van der Waals surface area contributed by atoms with Crippen molar-refractivity contribution in [3.63, 3.8) is 0 Å². The maximum Gasteiger partial charge on any atom is 0.300 e. The van der Waals surface area contributed by atoms with Crippen LogP contribution in [0.25, 0.3) is 5.76 Å². The van der Waals surface area contributed by atoms with E-state index < -0.39 is 17.7 Å². The molecule has 0 radical (unpaired) electrons. The fourth-order valence-corrected chi connectivity index (χ4v) is 3.84. The lowest BCUT2D eigenvalue weighted by atomic mass is 9.95. The van der Waals surface area contributed by atoms with E-state index in [1.807, 2.05) is 30.3 Å². The van der Waals surface area contributed by atoms with Gasteiger partial charge in [0.2, 0.25) is 0 Å². The third-order valence-electron chi connectivity index (χ3n) is 5.54. The number of amides is 1. The number of carbonyl (C=O) groups is 2. The molecule has 0 spiro atoms. The largest absolute Gasteiger partial charge is 0.508 e. The lowest BCUT2D eigenvalue weighted by Gasteiger charge is -2.26. The van der Waals surface area contributed by atoms with Gasteiger partial charge in [0, 0.05) is 11.3 Å². The van der Waals surface area contributed by atoms with Crippen molar-refractivity contribution >= 4 is 23.1 Å². The molecule has 5 nitrogen and oxygen atoms in total. The van der Waals surface area contributed by atoms with E-state index in [1.54, 1.807) is 36.4 Å². The minimum atomic E-state index is -0.814. The van der Waals surface area contributed by atoms with Crippen LogP contribution in [0.3, 0.4) is 0 Å². The summed E-state index contributed by atoms with van der Waals surface area (Å²) in [7, 11) is 0. The Morgan fingerprint density at radius 1 is 0.871 bits per heavy atom. The van der Waals surface area contributed by atoms with E-state index in [-0.39, 0.29) is 17.1 Å². The first kappa shape index (κ1) is 20.4. The zero-order chi connectivity index (χ0) is 22.1. The van der Waals surface area contributed by atoms with Crippen LogP contribution in [0, 0.1) is 0 Å². The normalized spacial score (nSPS) is 18.0. The van der Waals surface area contributed by atoms with Crippen LogP contribution in [-0.4, -0.2) is 21.9 Å². The van der Waals surface area contributed by atoms with Crippen LogP contribution >= 0.6 is 0 Å². The molecule has 1 heterocycles. The van der Waals surface area contributed by atoms with Crippen LogP contribution in [0.1, 0.15) is 42.5 Å². The maximum absolute atomic E-state index is 13.1. The smallest absolute Gasteiger partial charge is 0.300 e. The molecule has 0 saturated carbocycles. The van der Waals surface area contributed by atoms with Crippen LogP contribution in [0.15, 0.2) is 84.4 Å². The number of rotatable bonds is 4. The van der Waals surface area contributed by atoms with Gasteiger partial charge in [0.25, 0.3) is 11.7 Å². The number of aromatic hydroxyl groups is 1. The zero-order valence-corrected chi connectivity index (χ0v) is 17.3. The number of anilines is 1. The number of phenols is 1. The van der Waals surface area contributed by atoms with Gasteiger partial charge in [-0.25, -0.2) is 0 Å². The van der Waals surface area contributed by atoms with E-state index in [0.29, 0.717) is 22.7 Å². The minimum Gasteiger partial charge on any atom is -0.508 e. The molecule has 1 aliphatic rings. The number of phenolic OH excluding ortho intramolecular Hbond substituents is 1. The summed E-state index contributed by atoms with van der Waals surface area (Å²) < 4.78 is 0. The Morgan fingerprint density at radius 2 is 1.48 bits per heavy atom. The Labute approximate surface area is 180 Å². The first-order valence-electron chi connectivity index (χ1n) is 10.1. The Morgan fingerprint density at radius 3 is 2.06 bits per heavy atom. The molecule has 0 aliphatic carbocycles. The van der Waals surface area contributed by atoms with E-state index in [9.17, 15) is 19.8 Å². The second-order valence-corrected chi connectivity index (χ2v) is 7.87. The molecule has 156 valence electrons. The lowest BCUT2D eigenvalue weighted by Crippen LogP contribution is -2.29. The van der Waals surface area contributed by atoms with Crippen molar-refractivity contribution in [1.29, 1.82) is 0 Å². The van der Waals surface area contributed by atoms with Crippen molar-refractivity contribution in [2.45, 2.75) is 25.8 Å². The first-order chi connectivity index (χ1) is 14.9. The van der Waals surface area contributed by atoms with Gasteiger partial charge in [-0.2, -0.15) is 0 Å². The summed E-state index contributed by atoms with van der Waals surface area (Å²) in [5.41, 5.74) is 2.78. The van der Waals surface area contributed by atoms with Gasteiger partial charge in [-0.05, 0) is 41.3 Å². The topological polar surface area (TPSA) is 77.8 Å². The summed E-state index contributed by atoms with van der Waals surface area (Å²) in [6.45, 7) is 4.16. The highest BCUT2D eigenvalue weighted by Gasteiger charge is 2.46. The lowest BCUT2D eigenvalue weighted by molar-refractivity contribution is -0.132. The molecular weight excluding hydrogens is 390 g/mol. The number of ketones is 1. The van der Waals surface area contributed by atoms with Crippen LogP contribution in [-0.2, 0) is 9.59 Å². The van der Waals surface area contributed by atoms with Gasteiger partial charge in [-0.1, -0.05) is 68.4 Å². The summed E-state index contributed by atoms with van der Waals surface area (Å²) in [5, 5.41) is 20.7. The second kappa shape index (κ2) is 8.11. The molecule has 5 heteroatoms. The van der Waals surface area contributed by atoms with Gasteiger partial charge in [-0.15, -0.1) is 0 Å². The number of aliphatic hydroxyl groups is 1. The standard InChI is InChI=1S/C26H23NO4/c1-16(2)17-8-12-20(13-9-17)27-23(18-10-14-21(28)15-11-18)22(25(30)26(27)31)24(29)19-6-4-3-5-7-19/h3-16,23,28-29H,1-2H3/b24-22+. The summed E-state index contributed by atoms with van der Waals surface area (Å²) >= 11 is 0. The van der Waals surface area contributed by atoms with Crippen molar-refractivity contribution in [3.8, 4) is 5.75 Å². The van der Waals surface area contributed by atoms with Gasteiger partial charge in [0.05, 0.1) is 11.6 Å². The molecule has 4 rings (SSSR count). The molecule has 0 bridgehead atoms. The number of hydrogen-bond donors (Lipinski definition) is 2. The fourth-order valence-electron chi connectivity index (χ4n) is 3.84. The molecule has 2 N–H and O–H groups in total. The molecule has 31 heavy (non-hydrogen) atoms. The average molecular weight is 413 g/mol. The molecule has 3 aromatic carbocycles. The highest BCUT2D eigenvalue weighted by Crippen LogP contribution is 2.42. The molecule has 0 aromatic heterocycles. The van der Waals surface area contributed by atoms with Crippen molar-refractivity contribution in [2.75, 3.05) is 4.90 Å². The van der Waals surface area contributed by atoms with E-state index in [0.717, 1.165) is 5.56 Å². The molecule has 3 aromatic rings. The van der Waals surface area contributed by atoms with E-state index in [1.165, 1.54) is 17.0 Å². The molecule has 1 fully saturated rings. The number of benzene rings is 3. The van der Waals surface area contributed by atoms with Crippen molar-refractivity contribution in [3.05, 3.63) is 101 Å². The highest BCUT2D eigenvalue weighted by atomic mass is 16.3. The number of aliphatic hydroxyl groups excluding tert-OH is 1. The minimum absolute atomic E-state index is 0.0230. The maximum atomic E-state index is 13.1. The number of carbonyl (C=O) groups excluding carboxylic acids is 2. The predicted molar refractivity (Wildman–Crippen MR) is 120 cm³/mol. The van der Waals surface area contributed by atoms with Crippen LogP contribution in [0.4, 0.5) is 5.69 Å². The van der Waals surface area contributed by atoms with Crippen LogP contribution in [0.2, 0.25) is 0 Å². The third kappa shape index (κ3) is 3.70. The summed E-state index contributed by atoms with van der Waals surface area (Å²) in [6, 6.07) is 21.7. The van der Waals surface area contributed by atoms with E-state index >= 15 is 0 Å². The van der Waals surface area contributed by atoms with Gasteiger partial charge < -0.3 is 10.2 Å². The molecule has 1 atom stereocenters. The van der Waals surface area contributed by atoms with Crippen LogP contribution in [0.5, 0.6) is 5.75 Å². The van der Waals surface area contributed by atoms with Crippen LogP contribution < -0.4 is 4.90 Å². The monoisotopic (exact) mass is 413 g/mol. The number of nitrogens with zero attached hydrogens (tertiary/aromatic N) is 1. The van der Waals surface area contributed by atoms with Crippen molar-refractivity contribution < 1.29 is 19.8 Å². The fraction of sp³-hybridized carbons (Fsp3) is 0.154. The first-order valence-corrected chi connectivity index (χ1v) is 10.1. The number of hydrogen-bond acceptors (Lipinski definition) is 4. The van der Waals surface area contributed by atoms with E-state index in [2.05, 4.69) is 13.8 Å². The second-order valence-electron chi connectivity index (χ2n) is 7.87. The summed E-state index contributed by atoms with van der Waals surface area (Å²) in [6.07, 6.45) is 0. The number of Topliss-reactive ketones (excluding diaryl/α,β-unsaturated/α-hetero) is 1. The zero-order valence-electron chi connectivity index (χ0n) is 17.3. The molecule has 1 unspecified atom stereocenters. The Bertz CT molecular complexity index is 1150. The Hall–Kier alpha value is -3.86. The average Bonchev–Trinajstić information content (AvgIpc) is 3.05. The van der Waals surface area contributed by atoms with Gasteiger partial charge >= 0.3 is 0 Å². The molecule has 1 amide bonds. The quantitative estimate of drug-likeness (QED) is 0.353. The molecular formula is C26H23NO4. The predicted octanol–water partition coefficient (Wildman–Crippen LogP) is 5.14. The summed E-state index contributed by atoms with van der Waals surface area (Å²) in [5.74, 6) is -1.26. The Balaban J connectivity index is 1.90. The summed E-state index contributed by atoms with van der Waals surface area (Å²) in [4.78, 5) is 27.6. The third-order valence-corrected chi connectivity index (χ3v) is 5.54. The SMILES string of the molecule is CC(C)c1ccc(N2C(=O)C(=O)/C(=C(/O)c3ccccc3)C2c2ccc(O)cc2)cc1. The molecule has 1 saturated heterocycles. The van der Waals surface area contributed by atoms with Crippen molar-refractivity contribution in [1.82, 2.24) is 0 Å². The highest BCUT2D eigenvalue weighted by molar-refractivity contribution is 6.51. The van der Waals surface area contributed by atoms with Gasteiger partial charge in [0.1, 0.15) is 11.5 Å². The van der Waals surface area contributed by atoms with E-state index in [4.69, 9.17) is 0 Å². The van der Waals surface area contributed by atoms with Gasteiger partial charge in [0.15, 0.2) is 0 Å². The molecule has 1 aliphatic heterocycles. The van der Waals surface area contributed by atoms with Gasteiger partial charge in [-0.3, -0.25) is 14.5 Å².